The van der Waals surface area contributed by atoms with Crippen LogP contribution in [-0.2, 0) is 14.3 Å². The minimum absolute atomic E-state index is 0.0114. The fourth-order valence-corrected chi connectivity index (χ4v) is 7.45. The van der Waals surface area contributed by atoms with Crippen LogP contribution in [0, 0.1) is 34.5 Å². The predicted octanol–water partition coefficient (Wildman–Crippen LogP) is 4.02. The topological polar surface area (TPSA) is 69.4 Å². The van der Waals surface area contributed by atoms with Gasteiger partial charge in [-0.05, 0) is 74.0 Å². The highest BCUT2D eigenvalue weighted by atomic mass is 16.5. The monoisotopic (exact) mass is 373 g/mol. The molecule has 0 radical (unpaired) electrons. The second kappa shape index (κ2) is 6.72. The lowest BCUT2D eigenvalue weighted by molar-refractivity contribution is -0.157. The van der Waals surface area contributed by atoms with Gasteiger partial charge in [-0.3, -0.25) is 9.59 Å². The zero-order valence-electron chi connectivity index (χ0n) is 17.0. The standard InChI is InChI=1S/C23H35NO3/c1-14-12-16-17-4-5-20(25)23(17,3)10-7-18(16)22(2)9-6-15(13-19(14)22)27-21(26)8-11-24/h15-19H,1,4-13,24H2,2-3H3/t15?,16-,17-,18+,19?,22+,23-/m0/s1. The number of nitrogens with two attached hydrogens (primary N) is 1. The zero-order valence-corrected chi connectivity index (χ0v) is 17.0. The summed E-state index contributed by atoms with van der Waals surface area (Å²) in [5, 5.41) is 0. The third-order valence-corrected chi connectivity index (χ3v) is 8.93. The quantitative estimate of drug-likeness (QED) is 0.599. The summed E-state index contributed by atoms with van der Waals surface area (Å²) in [6, 6.07) is 0. The van der Waals surface area contributed by atoms with Crippen molar-refractivity contribution in [3.05, 3.63) is 12.2 Å². The van der Waals surface area contributed by atoms with Gasteiger partial charge in [0.2, 0.25) is 0 Å². The van der Waals surface area contributed by atoms with Crippen molar-refractivity contribution in [3.8, 4) is 0 Å². The molecule has 0 aliphatic heterocycles. The lowest BCUT2D eigenvalue weighted by Gasteiger charge is -2.60. The molecule has 4 rings (SSSR count). The van der Waals surface area contributed by atoms with Gasteiger partial charge < -0.3 is 10.5 Å². The Hall–Kier alpha value is -1.16. The van der Waals surface area contributed by atoms with E-state index >= 15 is 0 Å². The van der Waals surface area contributed by atoms with E-state index in [-0.39, 0.29) is 22.9 Å². The molecule has 4 saturated carbocycles. The van der Waals surface area contributed by atoms with Crippen molar-refractivity contribution in [3.63, 3.8) is 0 Å². The molecule has 4 fully saturated rings. The molecule has 7 atom stereocenters. The number of carbonyl (C=O) groups excluding carboxylic acids is 2. The Bertz CT molecular complexity index is 658. The Morgan fingerprint density at radius 2 is 2.00 bits per heavy atom. The maximum absolute atomic E-state index is 12.6. The highest BCUT2D eigenvalue weighted by molar-refractivity contribution is 5.87. The van der Waals surface area contributed by atoms with Crippen molar-refractivity contribution in [2.45, 2.75) is 77.7 Å². The number of rotatable bonds is 3. The van der Waals surface area contributed by atoms with Crippen LogP contribution < -0.4 is 5.73 Å². The Kier molecular flexibility index (Phi) is 4.77. The molecule has 4 aliphatic rings. The van der Waals surface area contributed by atoms with Gasteiger partial charge in [0.15, 0.2) is 0 Å². The SMILES string of the molecule is C=C1C[C@@H]2[C@@H](CC[C@]3(C)C(=O)CC[C@@H]23)[C@@]2(C)CCC(OC(=O)CCN)CC12. The maximum Gasteiger partial charge on any atom is 0.307 e. The Balaban J connectivity index is 1.53. The number of esters is 1. The van der Waals surface area contributed by atoms with E-state index in [1.807, 2.05) is 0 Å². The van der Waals surface area contributed by atoms with Crippen LogP contribution >= 0.6 is 0 Å². The van der Waals surface area contributed by atoms with Gasteiger partial charge >= 0.3 is 5.97 Å². The van der Waals surface area contributed by atoms with Gasteiger partial charge in [-0.15, -0.1) is 0 Å². The van der Waals surface area contributed by atoms with E-state index in [1.54, 1.807) is 0 Å². The third-order valence-electron chi connectivity index (χ3n) is 8.93. The second-order valence-electron chi connectivity index (χ2n) is 10.1. The largest absolute Gasteiger partial charge is 0.462 e. The molecular formula is C23H35NO3. The van der Waals surface area contributed by atoms with Crippen molar-refractivity contribution in [1.29, 1.82) is 0 Å². The fourth-order valence-electron chi connectivity index (χ4n) is 7.45. The molecule has 2 N–H and O–H groups in total. The number of hydrogen-bond donors (Lipinski definition) is 1. The van der Waals surface area contributed by atoms with E-state index in [0.29, 0.717) is 42.4 Å². The van der Waals surface area contributed by atoms with E-state index in [2.05, 4.69) is 20.4 Å². The molecule has 27 heavy (non-hydrogen) atoms. The van der Waals surface area contributed by atoms with Gasteiger partial charge in [-0.1, -0.05) is 26.0 Å². The average molecular weight is 374 g/mol. The van der Waals surface area contributed by atoms with Gasteiger partial charge in [0.1, 0.15) is 11.9 Å². The lowest BCUT2D eigenvalue weighted by Crippen LogP contribution is -2.54. The van der Waals surface area contributed by atoms with Gasteiger partial charge in [-0.25, -0.2) is 0 Å². The molecule has 150 valence electrons. The Morgan fingerprint density at radius 3 is 2.74 bits per heavy atom. The number of fused-ring (bicyclic) bond motifs is 5. The summed E-state index contributed by atoms with van der Waals surface area (Å²) in [6.07, 6.45) is 8.40. The van der Waals surface area contributed by atoms with Crippen LogP contribution in [-0.4, -0.2) is 24.4 Å². The molecule has 4 aliphatic carbocycles. The normalized spacial score (nSPS) is 46.4. The number of carbonyl (C=O) groups is 2. The molecular weight excluding hydrogens is 338 g/mol. The minimum atomic E-state index is -0.164. The first-order chi connectivity index (χ1) is 12.8. The summed E-state index contributed by atoms with van der Waals surface area (Å²) < 4.78 is 5.70. The zero-order chi connectivity index (χ0) is 19.4. The first-order valence-electron chi connectivity index (χ1n) is 10.9. The molecule has 0 spiro atoms. The molecule has 0 bridgehead atoms. The predicted molar refractivity (Wildman–Crippen MR) is 105 cm³/mol. The van der Waals surface area contributed by atoms with Crippen molar-refractivity contribution >= 4 is 11.8 Å². The summed E-state index contributed by atoms with van der Waals surface area (Å²) in [5.74, 6) is 2.60. The summed E-state index contributed by atoms with van der Waals surface area (Å²) in [7, 11) is 0. The van der Waals surface area contributed by atoms with E-state index in [1.165, 1.54) is 12.0 Å². The van der Waals surface area contributed by atoms with E-state index in [0.717, 1.165) is 44.9 Å². The number of allylic oxidation sites excluding steroid dienone is 1. The Morgan fingerprint density at radius 1 is 1.22 bits per heavy atom. The van der Waals surface area contributed by atoms with Crippen LogP contribution in [0.4, 0.5) is 0 Å². The lowest BCUT2D eigenvalue weighted by atomic mass is 9.44. The van der Waals surface area contributed by atoms with Gasteiger partial charge in [0, 0.05) is 18.4 Å². The average Bonchev–Trinajstić information content (AvgIpc) is 2.92. The molecule has 0 aromatic rings. The third kappa shape index (κ3) is 2.90. The van der Waals surface area contributed by atoms with Crippen molar-refractivity contribution < 1.29 is 14.3 Å². The van der Waals surface area contributed by atoms with Crippen LogP contribution in [0.25, 0.3) is 0 Å². The molecule has 4 heteroatoms. The van der Waals surface area contributed by atoms with Crippen molar-refractivity contribution in [2.24, 2.45) is 40.2 Å². The second-order valence-corrected chi connectivity index (χ2v) is 10.1. The summed E-state index contributed by atoms with van der Waals surface area (Å²) >= 11 is 0. The van der Waals surface area contributed by atoms with Crippen LogP contribution in [0.2, 0.25) is 0 Å². The fraction of sp³-hybridized carbons (Fsp3) is 0.826. The van der Waals surface area contributed by atoms with Crippen LogP contribution in [0.1, 0.15) is 71.6 Å². The highest BCUT2D eigenvalue weighted by Crippen LogP contribution is 2.66. The first-order valence-corrected chi connectivity index (χ1v) is 10.9. The van der Waals surface area contributed by atoms with Crippen molar-refractivity contribution in [2.75, 3.05) is 6.54 Å². The van der Waals surface area contributed by atoms with E-state index in [4.69, 9.17) is 10.5 Å². The minimum Gasteiger partial charge on any atom is -0.462 e. The van der Waals surface area contributed by atoms with Crippen LogP contribution in [0.3, 0.4) is 0 Å². The van der Waals surface area contributed by atoms with Crippen LogP contribution in [0.15, 0.2) is 12.2 Å². The molecule has 4 nitrogen and oxygen atoms in total. The smallest absolute Gasteiger partial charge is 0.307 e. The molecule has 0 saturated heterocycles. The summed E-state index contributed by atoms with van der Waals surface area (Å²) in [4.78, 5) is 24.5. The van der Waals surface area contributed by atoms with Gasteiger partial charge in [-0.2, -0.15) is 0 Å². The first kappa shape index (κ1) is 19.2. The van der Waals surface area contributed by atoms with Gasteiger partial charge in [0.25, 0.3) is 0 Å². The molecule has 0 amide bonds. The van der Waals surface area contributed by atoms with Crippen LogP contribution in [0.5, 0.6) is 0 Å². The molecule has 0 heterocycles. The summed E-state index contributed by atoms with van der Waals surface area (Å²) in [6.45, 7) is 9.53. The number of ether oxygens (including phenoxy) is 1. The molecule has 2 unspecified atom stereocenters. The Labute approximate surface area is 163 Å². The maximum atomic E-state index is 12.6. The summed E-state index contributed by atoms with van der Waals surface area (Å²) in [5.41, 5.74) is 6.97. The number of Topliss-reactive ketones (excluding diaryl/α,β-unsaturated/α-hetero) is 1. The highest BCUT2D eigenvalue weighted by Gasteiger charge is 2.61. The van der Waals surface area contributed by atoms with E-state index in [9.17, 15) is 9.59 Å². The van der Waals surface area contributed by atoms with Gasteiger partial charge in [0.05, 0.1) is 6.42 Å². The molecule has 0 aromatic heterocycles. The molecule has 0 aromatic carbocycles. The number of hydrogen-bond acceptors (Lipinski definition) is 4. The van der Waals surface area contributed by atoms with Crippen molar-refractivity contribution in [1.82, 2.24) is 0 Å². The van der Waals surface area contributed by atoms with E-state index < -0.39 is 0 Å². The number of ketones is 1.